The van der Waals surface area contributed by atoms with Crippen LogP contribution in [0, 0.1) is 0 Å². The molecule has 2 amide bonds. The van der Waals surface area contributed by atoms with Crippen LogP contribution in [0.15, 0.2) is 130 Å². The molecule has 0 radical (unpaired) electrons. The average molecular weight is 580 g/mol. The van der Waals surface area contributed by atoms with Crippen molar-refractivity contribution in [3.63, 3.8) is 0 Å². The van der Waals surface area contributed by atoms with Gasteiger partial charge in [0.25, 0.3) is 15.9 Å². The van der Waals surface area contributed by atoms with Gasteiger partial charge in [-0.15, -0.1) is 0 Å². The molecule has 198 valence electrons. The molecule has 1 aliphatic heterocycles. The van der Waals surface area contributed by atoms with Crippen LogP contribution in [0.3, 0.4) is 0 Å². The number of allylic oxidation sites excluding steroid dienone is 5. The molecule has 1 atom stereocenters. The Kier molecular flexibility index (Phi) is 9.99. The molecular formula is C30H26N3NaO4S2. The van der Waals surface area contributed by atoms with Gasteiger partial charge >= 0.3 is 29.6 Å². The third kappa shape index (κ3) is 7.71. The summed E-state index contributed by atoms with van der Waals surface area (Å²) in [6.45, 7) is 0. The molecule has 3 aromatic carbocycles. The molecule has 2 N–H and O–H groups in total. The molecule has 3 aromatic rings. The summed E-state index contributed by atoms with van der Waals surface area (Å²) in [5.41, 5.74) is 3.48. The van der Waals surface area contributed by atoms with Crippen molar-refractivity contribution in [1.82, 2.24) is 10.0 Å². The first-order valence-electron chi connectivity index (χ1n) is 12.3. The van der Waals surface area contributed by atoms with Crippen LogP contribution >= 0.6 is 11.8 Å². The first-order valence-corrected chi connectivity index (χ1v) is 14.6. The summed E-state index contributed by atoms with van der Waals surface area (Å²) in [5, 5.41) is 3.25. The Morgan fingerprint density at radius 1 is 1.02 bits per heavy atom. The average Bonchev–Trinajstić information content (AvgIpc) is 3.29. The molecule has 7 nitrogen and oxygen atoms in total. The smallest absolute Gasteiger partial charge is 1.00 e. The standard InChI is InChI=1S/C30H25N3O4S2.Na.H/c34-28(33-39(36,37)26-9-5-2-6-10-26)20-22-13-17-25(18-14-22)31-30-32-29(35)27(38-30)19-21-11-15-24(16-12-21)23-7-3-1-4-8-23;;/h1-15,17-19,24H,16,20H2,(H,33,34)(H,31,32,35);;/q;+1;-1. The molecule has 40 heavy (non-hydrogen) atoms. The predicted octanol–water partition coefficient (Wildman–Crippen LogP) is 2.26. The molecular weight excluding hydrogens is 553 g/mol. The molecule has 1 fully saturated rings. The second-order valence-electron chi connectivity index (χ2n) is 8.98. The number of amides is 2. The van der Waals surface area contributed by atoms with Gasteiger partial charge in [0.05, 0.1) is 21.9 Å². The van der Waals surface area contributed by atoms with Gasteiger partial charge in [0.2, 0.25) is 5.91 Å². The van der Waals surface area contributed by atoms with E-state index >= 15 is 0 Å². The molecule has 1 aliphatic carbocycles. The van der Waals surface area contributed by atoms with Gasteiger partial charge < -0.3 is 6.74 Å². The van der Waals surface area contributed by atoms with Crippen LogP contribution in [0.1, 0.15) is 24.9 Å². The Bertz CT molecular complexity index is 1620. The largest absolute Gasteiger partial charge is 1.00 e. The molecule has 1 saturated heterocycles. The fourth-order valence-electron chi connectivity index (χ4n) is 4.16. The van der Waals surface area contributed by atoms with Crippen molar-refractivity contribution in [3.05, 3.63) is 131 Å². The number of sulfonamides is 1. The Hall–Kier alpha value is -3.21. The number of amidine groups is 1. The summed E-state index contributed by atoms with van der Waals surface area (Å²) in [5.74, 6) is -0.503. The third-order valence-corrected chi connectivity index (χ3v) is 8.44. The van der Waals surface area contributed by atoms with Crippen LogP contribution in [0.2, 0.25) is 0 Å². The number of nitrogens with zero attached hydrogens (tertiary/aromatic N) is 1. The Morgan fingerprint density at radius 3 is 2.35 bits per heavy atom. The number of nitrogens with one attached hydrogen (secondary N) is 2. The summed E-state index contributed by atoms with van der Waals surface area (Å²) in [4.78, 5) is 29.9. The van der Waals surface area contributed by atoms with Gasteiger partial charge in [-0.1, -0.05) is 78.9 Å². The van der Waals surface area contributed by atoms with E-state index < -0.39 is 15.9 Å². The quantitative estimate of drug-likeness (QED) is 0.330. The minimum absolute atomic E-state index is 0. The van der Waals surface area contributed by atoms with Crippen molar-refractivity contribution in [2.24, 2.45) is 4.99 Å². The van der Waals surface area contributed by atoms with Gasteiger partial charge in [0, 0.05) is 5.92 Å². The van der Waals surface area contributed by atoms with Crippen molar-refractivity contribution in [2.75, 3.05) is 0 Å². The molecule has 1 unspecified atom stereocenters. The maximum absolute atomic E-state index is 12.5. The molecule has 0 bridgehead atoms. The van der Waals surface area contributed by atoms with Crippen LogP contribution in [0.25, 0.3) is 0 Å². The number of hydrogen-bond donors (Lipinski definition) is 2. The number of benzene rings is 3. The van der Waals surface area contributed by atoms with E-state index in [0.29, 0.717) is 27.2 Å². The van der Waals surface area contributed by atoms with Crippen molar-refractivity contribution in [3.8, 4) is 0 Å². The molecule has 10 heteroatoms. The maximum Gasteiger partial charge on any atom is 1.00 e. The van der Waals surface area contributed by atoms with Crippen molar-refractivity contribution in [2.45, 2.75) is 23.7 Å². The van der Waals surface area contributed by atoms with Gasteiger partial charge in [-0.05, 0) is 65.2 Å². The minimum Gasteiger partial charge on any atom is -1.00 e. The van der Waals surface area contributed by atoms with Gasteiger partial charge in [-0.25, -0.2) is 18.1 Å². The summed E-state index contributed by atoms with van der Waals surface area (Å²) < 4.78 is 26.8. The third-order valence-electron chi connectivity index (χ3n) is 6.14. The molecule has 1 heterocycles. The number of hydrogen-bond acceptors (Lipinski definition) is 6. The Morgan fingerprint density at radius 2 is 1.70 bits per heavy atom. The second kappa shape index (κ2) is 13.4. The summed E-state index contributed by atoms with van der Waals surface area (Å²) in [6.07, 6.45) is 8.97. The fourth-order valence-corrected chi connectivity index (χ4v) is 6.01. The number of carbonyl (C=O) groups excluding carboxylic acids is 2. The van der Waals surface area contributed by atoms with Gasteiger partial charge in [0.15, 0.2) is 5.17 Å². The fraction of sp³-hybridized carbons (Fsp3) is 0.100. The minimum atomic E-state index is -3.92. The van der Waals surface area contributed by atoms with Crippen LogP contribution in [0.5, 0.6) is 0 Å². The monoisotopic (exact) mass is 579 g/mol. The second-order valence-corrected chi connectivity index (χ2v) is 11.7. The zero-order chi connectivity index (χ0) is 27.2. The molecule has 0 saturated carbocycles. The maximum atomic E-state index is 12.5. The van der Waals surface area contributed by atoms with Gasteiger partial charge in [-0.2, -0.15) is 0 Å². The van der Waals surface area contributed by atoms with E-state index in [4.69, 9.17) is 0 Å². The first kappa shape index (κ1) is 29.8. The van der Waals surface area contributed by atoms with Gasteiger partial charge in [-0.3, -0.25) is 9.59 Å². The molecule has 0 aromatic heterocycles. The van der Waals surface area contributed by atoms with E-state index in [2.05, 4.69) is 39.3 Å². The normalized spacial score (nSPS) is 18.6. The van der Waals surface area contributed by atoms with E-state index in [1.807, 2.05) is 30.4 Å². The predicted molar refractivity (Wildman–Crippen MR) is 155 cm³/mol. The van der Waals surface area contributed by atoms with E-state index in [-0.39, 0.29) is 48.2 Å². The number of thioether (sulfide) groups is 1. The van der Waals surface area contributed by atoms with Crippen molar-refractivity contribution >= 4 is 44.5 Å². The SMILES string of the molecule is O=C(Cc1ccc(N=C2NC(=O)C(=CC3=CCC(c4ccccc4)C=C3)S2)cc1)NS(=O)(=O)c1ccccc1.[H-].[Na+]. The zero-order valence-corrected chi connectivity index (χ0v) is 25.4. The summed E-state index contributed by atoms with van der Waals surface area (Å²) >= 11 is 1.27. The number of carbonyl (C=O) groups is 2. The van der Waals surface area contributed by atoms with Crippen LogP contribution in [0.4, 0.5) is 5.69 Å². The van der Waals surface area contributed by atoms with E-state index in [0.717, 1.165) is 12.0 Å². The molecule has 5 rings (SSSR count). The summed E-state index contributed by atoms with van der Waals surface area (Å²) in [7, 11) is -3.92. The van der Waals surface area contributed by atoms with E-state index in [1.165, 1.54) is 29.5 Å². The zero-order valence-electron chi connectivity index (χ0n) is 22.8. The Balaban J connectivity index is 0.00000231. The van der Waals surface area contributed by atoms with Crippen LogP contribution < -0.4 is 39.6 Å². The van der Waals surface area contributed by atoms with Crippen LogP contribution in [-0.2, 0) is 26.0 Å². The molecule has 0 spiro atoms. The van der Waals surface area contributed by atoms with Crippen molar-refractivity contribution in [1.29, 1.82) is 0 Å². The number of rotatable bonds is 7. The van der Waals surface area contributed by atoms with Crippen LogP contribution in [-0.4, -0.2) is 25.4 Å². The van der Waals surface area contributed by atoms with Gasteiger partial charge in [0.1, 0.15) is 0 Å². The Labute approximate surface area is 261 Å². The number of aliphatic imine (C=N–C) groups is 1. The van der Waals surface area contributed by atoms with Crippen molar-refractivity contribution < 1.29 is 49.0 Å². The topological polar surface area (TPSA) is 105 Å². The molecule has 2 aliphatic rings. The first-order chi connectivity index (χ1) is 18.9. The van der Waals surface area contributed by atoms with E-state index in [9.17, 15) is 18.0 Å². The summed E-state index contributed by atoms with van der Waals surface area (Å²) in [6, 6.07) is 24.9. The van der Waals surface area contributed by atoms with E-state index in [1.54, 1.807) is 42.5 Å².